The Morgan fingerprint density at radius 2 is 1.69 bits per heavy atom. The Balaban J connectivity index is 1.38. The first kappa shape index (κ1) is 19.1. The van der Waals surface area contributed by atoms with Crippen LogP contribution in [0.5, 0.6) is 11.5 Å². The van der Waals surface area contributed by atoms with E-state index in [1.165, 1.54) is 0 Å². The predicted molar refractivity (Wildman–Crippen MR) is 114 cm³/mol. The fourth-order valence-corrected chi connectivity index (χ4v) is 3.69. The molecule has 0 bridgehead atoms. The van der Waals surface area contributed by atoms with Crippen LogP contribution in [-0.2, 0) is 11.2 Å². The average Bonchev–Trinajstić information content (AvgIpc) is 2.78. The minimum Gasteiger partial charge on any atom is -0.493 e. The van der Waals surface area contributed by atoms with Crippen LogP contribution in [0.25, 0.3) is 10.9 Å². The number of piperazine rings is 1. The van der Waals surface area contributed by atoms with Gasteiger partial charge in [-0.25, -0.2) is 4.98 Å². The zero-order chi connectivity index (χ0) is 20.2. The topological polar surface area (TPSA) is 54.9 Å². The molecular weight excluding hydrogens is 366 g/mol. The van der Waals surface area contributed by atoms with E-state index in [4.69, 9.17) is 14.5 Å². The van der Waals surface area contributed by atoms with E-state index in [1.807, 2.05) is 41.3 Å². The number of nitrogens with zero attached hydrogens (tertiary/aromatic N) is 3. The molecule has 0 aliphatic carbocycles. The van der Waals surface area contributed by atoms with Gasteiger partial charge in [0.2, 0.25) is 5.91 Å². The summed E-state index contributed by atoms with van der Waals surface area (Å²) in [6, 6.07) is 17.9. The number of methoxy groups -OCH3 is 2. The maximum atomic E-state index is 12.8. The summed E-state index contributed by atoms with van der Waals surface area (Å²) in [6.45, 7) is 2.95. The van der Waals surface area contributed by atoms with Crippen LogP contribution in [0.1, 0.15) is 5.56 Å². The SMILES string of the molecule is COc1ccc(CC(=O)N2CCN(c3ccc4ccccc4n3)CC2)cc1OC. The van der Waals surface area contributed by atoms with E-state index in [-0.39, 0.29) is 5.91 Å². The van der Waals surface area contributed by atoms with Crippen LogP contribution in [0.2, 0.25) is 0 Å². The Bertz CT molecular complexity index is 1010. The number of rotatable bonds is 5. The predicted octanol–water partition coefficient (Wildman–Crippen LogP) is 3.14. The molecule has 4 rings (SSSR count). The van der Waals surface area contributed by atoms with Gasteiger partial charge in [-0.3, -0.25) is 4.79 Å². The molecule has 1 amide bonds. The fraction of sp³-hybridized carbons (Fsp3) is 0.304. The lowest BCUT2D eigenvalue weighted by atomic mass is 10.1. The van der Waals surface area contributed by atoms with E-state index < -0.39 is 0 Å². The lowest BCUT2D eigenvalue weighted by molar-refractivity contribution is -0.130. The van der Waals surface area contributed by atoms with Crippen molar-refractivity contribution in [1.82, 2.24) is 9.88 Å². The first-order valence-electron chi connectivity index (χ1n) is 9.77. The maximum absolute atomic E-state index is 12.8. The lowest BCUT2D eigenvalue weighted by Crippen LogP contribution is -2.49. The highest BCUT2D eigenvalue weighted by Gasteiger charge is 2.22. The van der Waals surface area contributed by atoms with Crippen molar-refractivity contribution in [3.8, 4) is 11.5 Å². The third kappa shape index (κ3) is 4.11. The monoisotopic (exact) mass is 391 g/mol. The number of amides is 1. The number of anilines is 1. The average molecular weight is 391 g/mol. The van der Waals surface area contributed by atoms with Gasteiger partial charge in [0.05, 0.1) is 26.2 Å². The van der Waals surface area contributed by atoms with Gasteiger partial charge in [0.25, 0.3) is 0 Å². The number of pyridine rings is 1. The van der Waals surface area contributed by atoms with Gasteiger partial charge in [-0.2, -0.15) is 0 Å². The van der Waals surface area contributed by atoms with Crippen molar-refractivity contribution in [2.45, 2.75) is 6.42 Å². The summed E-state index contributed by atoms with van der Waals surface area (Å²) in [5.41, 5.74) is 1.92. The van der Waals surface area contributed by atoms with Crippen LogP contribution in [0.3, 0.4) is 0 Å². The Hall–Kier alpha value is -3.28. The first-order valence-corrected chi connectivity index (χ1v) is 9.77. The number of aromatic nitrogens is 1. The molecule has 2 aromatic carbocycles. The smallest absolute Gasteiger partial charge is 0.227 e. The third-order valence-corrected chi connectivity index (χ3v) is 5.34. The summed E-state index contributed by atoms with van der Waals surface area (Å²) in [5, 5.41) is 1.14. The number of ether oxygens (including phenoxy) is 2. The van der Waals surface area contributed by atoms with Crippen molar-refractivity contribution >= 4 is 22.6 Å². The maximum Gasteiger partial charge on any atom is 0.227 e. The van der Waals surface area contributed by atoms with Crippen molar-refractivity contribution in [3.05, 3.63) is 60.2 Å². The molecule has 1 aliphatic heterocycles. The molecule has 29 heavy (non-hydrogen) atoms. The molecule has 0 unspecified atom stereocenters. The quantitative estimate of drug-likeness (QED) is 0.669. The molecule has 6 heteroatoms. The van der Waals surface area contributed by atoms with E-state index in [9.17, 15) is 4.79 Å². The largest absolute Gasteiger partial charge is 0.493 e. The molecule has 6 nitrogen and oxygen atoms in total. The molecular formula is C23H25N3O3. The van der Waals surface area contributed by atoms with Crippen molar-refractivity contribution in [1.29, 1.82) is 0 Å². The molecule has 1 aliphatic rings. The Kier molecular flexibility index (Phi) is 5.51. The van der Waals surface area contributed by atoms with Crippen molar-refractivity contribution in [2.24, 2.45) is 0 Å². The van der Waals surface area contributed by atoms with E-state index in [1.54, 1.807) is 14.2 Å². The van der Waals surface area contributed by atoms with E-state index in [0.29, 0.717) is 31.0 Å². The second-order valence-corrected chi connectivity index (χ2v) is 7.10. The summed E-state index contributed by atoms with van der Waals surface area (Å²) in [5.74, 6) is 2.41. The lowest BCUT2D eigenvalue weighted by Gasteiger charge is -2.35. The zero-order valence-electron chi connectivity index (χ0n) is 16.8. The number of benzene rings is 2. The second kappa shape index (κ2) is 8.39. The molecule has 1 fully saturated rings. The molecule has 2 heterocycles. The van der Waals surface area contributed by atoms with Gasteiger partial charge in [0.15, 0.2) is 11.5 Å². The van der Waals surface area contributed by atoms with E-state index >= 15 is 0 Å². The molecule has 0 radical (unpaired) electrons. The number of carbonyl (C=O) groups is 1. The summed E-state index contributed by atoms with van der Waals surface area (Å²) in [4.78, 5) is 21.7. The summed E-state index contributed by atoms with van der Waals surface area (Å²) >= 11 is 0. The van der Waals surface area contributed by atoms with Gasteiger partial charge in [0, 0.05) is 31.6 Å². The highest BCUT2D eigenvalue weighted by molar-refractivity contribution is 5.81. The van der Waals surface area contributed by atoms with Crippen molar-refractivity contribution < 1.29 is 14.3 Å². The minimum atomic E-state index is 0.128. The summed E-state index contributed by atoms with van der Waals surface area (Å²) < 4.78 is 10.6. The van der Waals surface area contributed by atoms with Crippen LogP contribution in [0.15, 0.2) is 54.6 Å². The van der Waals surface area contributed by atoms with Crippen LogP contribution in [0, 0.1) is 0 Å². The molecule has 0 spiro atoms. The number of hydrogen-bond acceptors (Lipinski definition) is 5. The normalized spacial score (nSPS) is 14.1. The van der Waals surface area contributed by atoms with E-state index in [0.717, 1.165) is 35.4 Å². The van der Waals surface area contributed by atoms with Crippen LogP contribution in [-0.4, -0.2) is 56.2 Å². The molecule has 1 aromatic heterocycles. The van der Waals surface area contributed by atoms with Gasteiger partial charge in [0.1, 0.15) is 5.82 Å². The molecule has 1 saturated heterocycles. The van der Waals surface area contributed by atoms with Gasteiger partial charge < -0.3 is 19.3 Å². The van der Waals surface area contributed by atoms with Gasteiger partial charge in [-0.1, -0.05) is 24.3 Å². The third-order valence-electron chi connectivity index (χ3n) is 5.34. The number of hydrogen-bond donors (Lipinski definition) is 0. The van der Waals surface area contributed by atoms with Crippen molar-refractivity contribution in [2.75, 3.05) is 45.3 Å². The highest BCUT2D eigenvalue weighted by atomic mass is 16.5. The minimum absolute atomic E-state index is 0.128. The Morgan fingerprint density at radius 1 is 0.931 bits per heavy atom. The zero-order valence-corrected chi connectivity index (χ0v) is 16.8. The number of carbonyl (C=O) groups excluding carboxylic acids is 1. The molecule has 150 valence electrons. The summed E-state index contributed by atoms with van der Waals surface area (Å²) in [7, 11) is 3.20. The standard InChI is InChI=1S/C23H25N3O3/c1-28-20-9-7-17(15-21(20)29-2)16-23(27)26-13-11-25(12-14-26)22-10-8-18-5-3-4-6-19(18)24-22/h3-10,15H,11-14,16H2,1-2H3. The van der Waals surface area contributed by atoms with Crippen LogP contribution >= 0.6 is 0 Å². The highest BCUT2D eigenvalue weighted by Crippen LogP contribution is 2.28. The van der Waals surface area contributed by atoms with Crippen molar-refractivity contribution in [3.63, 3.8) is 0 Å². The fourth-order valence-electron chi connectivity index (χ4n) is 3.69. The van der Waals surface area contributed by atoms with Gasteiger partial charge >= 0.3 is 0 Å². The number of para-hydroxylation sites is 1. The van der Waals surface area contributed by atoms with E-state index in [2.05, 4.69) is 23.1 Å². The molecule has 0 atom stereocenters. The first-order chi connectivity index (χ1) is 14.2. The van der Waals surface area contributed by atoms with Gasteiger partial charge in [-0.15, -0.1) is 0 Å². The van der Waals surface area contributed by atoms with Gasteiger partial charge in [-0.05, 0) is 35.9 Å². The molecule has 0 N–H and O–H groups in total. The Labute approximate surface area is 170 Å². The molecule has 0 saturated carbocycles. The van der Waals surface area contributed by atoms with Crippen LogP contribution < -0.4 is 14.4 Å². The Morgan fingerprint density at radius 3 is 2.45 bits per heavy atom. The summed E-state index contributed by atoms with van der Waals surface area (Å²) in [6.07, 6.45) is 0.356. The van der Waals surface area contributed by atoms with Crippen LogP contribution in [0.4, 0.5) is 5.82 Å². The molecule has 3 aromatic rings. The number of fused-ring (bicyclic) bond motifs is 1. The second-order valence-electron chi connectivity index (χ2n) is 7.10.